The maximum Gasteiger partial charge on any atom is 0.0888 e. The molecule has 2 unspecified atom stereocenters. The molecule has 2 atom stereocenters. The number of likely N-dealkylation sites (N-methyl/N-ethyl adjacent to an activating group) is 1. The van der Waals surface area contributed by atoms with Crippen molar-refractivity contribution in [3.63, 3.8) is 0 Å². The predicted octanol–water partition coefficient (Wildman–Crippen LogP) is 5.93. The highest BCUT2D eigenvalue weighted by Crippen LogP contribution is 2.44. The highest BCUT2D eigenvalue weighted by molar-refractivity contribution is 9.11. The van der Waals surface area contributed by atoms with Crippen molar-refractivity contribution in [1.29, 1.82) is 0 Å². The molecule has 21 heavy (non-hydrogen) atoms. The zero-order chi connectivity index (χ0) is 14.8. The van der Waals surface area contributed by atoms with E-state index in [1.54, 1.807) is 11.3 Å². The van der Waals surface area contributed by atoms with Crippen molar-refractivity contribution in [1.82, 2.24) is 5.32 Å². The van der Waals surface area contributed by atoms with Gasteiger partial charge in [0.1, 0.15) is 0 Å². The van der Waals surface area contributed by atoms with Gasteiger partial charge in [0.05, 0.1) is 8.81 Å². The molecule has 1 aromatic heterocycles. The van der Waals surface area contributed by atoms with Crippen LogP contribution in [0.5, 0.6) is 0 Å². The van der Waals surface area contributed by atoms with Crippen LogP contribution in [0.2, 0.25) is 5.02 Å². The molecule has 112 valence electrons. The summed E-state index contributed by atoms with van der Waals surface area (Å²) < 4.78 is 1.03. The van der Waals surface area contributed by atoms with E-state index in [0.717, 1.165) is 15.4 Å². The molecule has 1 aromatic carbocycles. The molecule has 2 aromatic rings. The molecule has 0 saturated carbocycles. The van der Waals surface area contributed by atoms with Gasteiger partial charge in [-0.3, -0.25) is 0 Å². The fraction of sp³-hybridized carbons (Fsp3) is 0.412. The first-order chi connectivity index (χ1) is 10.2. The largest absolute Gasteiger partial charge is 0.309 e. The van der Waals surface area contributed by atoms with Crippen LogP contribution in [0.1, 0.15) is 47.7 Å². The summed E-state index contributed by atoms with van der Waals surface area (Å²) in [5, 5.41) is 4.50. The van der Waals surface area contributed by atoms with Crippen molar-refractivity contribution in [3.8, 4) is 0 Å². The number of hydrogen-bond acceptors (Lipinski definition) is 2. The van der Waals surface area contributed by atoms with Crippen LogP contribution >= 0.6 is 38.9 Å². The molecule has 3 rings (SSSR count). The van der Waals surface area contributed by atoms with Gasteiger partial charge in [0.2, 0.25) is 0 Å². The Morgan fingerprint density at radius 1 is 1.43 bits per heavy atom. The second-order valence-corrected chi connectivity index (χ2v) is 8.31. The molecule has 0 aliphatic heterocycles. The van der Waals surface area contributed by atoms with Crippen molar-refractivity contribution < 1.29 is 0 Å². The number of benzene rings is 1. The number of nitrogens with one attached hydrogen (secondary N) is 1. The zero-order valence-electron chi connectivity index (χ0n) is 12.0. The fourth-order valence-electron chi connectivity index (χ4n) is 3.32. The van der Waals surface area contributed by atoms with E-state index in [0.29, 0.717) is 12.0 Å². The minimum absolute atomic E-state index is 0.352. The molecule has 1 aliphatic rings. The van der Waals surface area contributed by atoms with Crippen molar-refractivity contribution >= 4 is 38.9 Å². The van der Waals surface area contributed by atoms with E-state index >= 15 is 0 Å². The van der Waals surface area contributed by atoms with Crippen molar-refractivity contribution in [2.75, 3.05) is 6.54 Å². The SMILES string of the molecule is CCNC(c1cc(Cl)c(Br)s1)C1CCCc2ccccc21. The third-order valence-electron chi connectivity index (χ3n) is 4.21. The van der Waals surface area contributed by atoms with Gasteiger partial charge in [-0.15, -0.1) is 11.3 Å². The van der Waals surface area contributed by atoms with Crippen LogP contribution in [0, 0.1) is 0 Å². The Hall–Kier alpha value is -0.350. The quantitative estimate of drug-likeness (QED) is 0.688. The van der Waals surface area contributed by atoms with Crippen LogP contribution in [-0.2, 0) is 6.42 Å². The van der Waals surface area contributed by atoms with Gasteiger partial charge in [-0.2, -0.15) is 0 Å². The standard InChI is InChI=1S/C17H19BrClNS/c1-2-20-16(15-10-14(19)17(18)21-15)13-9-5-7-11-6-3-4-8-12(11)13/h3-4,6,8,10,13,16,20H,2,5,7,9H2,1H3. The number of fused-ring (bicyclic) bond motifs is 1. The second-order valence-electron chi connectivity index (χ2n) is 5.50. The smallest absolute Gasteiger partial charge is 0.0888 e. The van der Waals surface area contributed by atoms with Crippen molar-refractivity contribution in [2.45, 2.75) is 38.1 Å². The molecule has 1 heterocycles. The van der Waals surface area contributed by atoms with Crippen molar-refractivity contribution in [3.05, 3.63) is 55.1 Å². The Labute approximate surface area is 143 Å². The lowest BCUT2D eigenvalue weighted by atomic mass is 9.78. The number of thiophene rings is 1. The fourth-order valence-corrected chi connectivity index (χ4v) is 5.20. The summed E-state index contributed by atoms with van der Waals surface area (Å²) in [5.74, 6) is 0.538. The van der Waals surface area contributed by atoms with E-state index in [1.165, 1.54) is 35.3 Å². The van der Waals surface area contributed by atoms with Gasteiger partial charge in [-0.25, -0.2) is 0 Å². The van der Waals surface area contributed by atoms with E-state index in [4.69, 9.17) is 11.6 Å². The minimum atomic E-state index is 0.352. The maximum absolute atomic E-state index is 6.25. The zero-order valence-corrected chi connectivity index (χ0v) is 15.2. The first-order valence-electron chi connectivity index (χ1n) is 7.46. The van der Waals surface area contributed by atoms with Gasteiger partial charge in [0, 0.05) is 16.8 Å². The van der Waals surface area contributed by atoms with Crippen LogP contribution in [0.15, 0.2) is 34.1 Å². The van der Waals surface area contributed by atoms with Crippen LogP contribution in [0.4, 0.5) is 0 Å². The molecule has 0 fully saturated rings. The molecular weight excluding hydrogens is 366 g/mol. The third kappa shape index (κ3) is 3.21. The number of aryl methyl sites for hydroxylation is 1. The van der Waals surface area contributed by atoms with Gasteiger partial charge in [0.15, 0.2) is 0 Å². The minimum Gasteiger partial charge on any atom is -0.309 e. The molecule has 0 amide bonds. The lowest BCUT2D eigenvalue weighted by Gasteiger charge is -2.32. The second kappa shape index (κ2) is 6.82. The average molecular weight is 385 g/mol. The number of rotatable bonds is 4. The maximum atomic E-state index is 6.25. The van der Waals surface area contributed by atoms with Crippen LogP contribution < -0.4 is 5.32 Å². The van der Waals surface area contributed by atoms with Crippen molar-refractivity contribution in [2.24, 2.45) is 0 Å². The van der Waals surface area contributed by atoms with E-state index in [9.17, 15) is 0 Å². The highest BCUT2D eigenvalue weighted by Gasteiger charge is 2.29. The normalized spacial score (nSPS) is 19.3. The van der Waals surface area contributed by atoms with E-state index in [-0.39, 0.29) is 0 Å². The molecule has 1 aliphatic carbocycles. The topological polar surface area (TPSA) is 12.0 Å². The molecule has 1 N–H and O–H groups in total. The van der Waals surface area contributed by atoms with Crippen LogP contribution in [0.3, 0.4) is 0 Å². The lowest BCUT2D eigenvalue weighted by Crippen LogP contribution is -2.28. The Bertz CT molecular complexity index is 606. The number of halogens is 2. The molecule has 4 heteroatoms. The summed E-state index contributed by atoms with van der Waals surface area (Å²) in [4.78, 5) is 1.33. The van der Waals surface area contributed by atoms with Gasteiger partial charge in [-0.05, 0) is 58.9 Å². The Kier molecular flexibility index (Phi) is 5.05. The Balaban J connectivity index is 1.98. The summed E-state index contributed by atoms with van der Waals surface area (Å²) in [7, 11) is 0. The van der Waals surface area contributed by atoms with Gasteiger partial charge >= 0.3 is 0 Å². The van der Waals surface area contributed by atoms with Gasteiger partial charge in [-0.1, -0.05) is 42.8 Å². The van der Waals surface area contributed by atoms with Crippen LogP contribution in [-0.4, -0.2) is 6.54 Å². The first kappa shape index (κ1) is 15.5. The third-order valence-corrected chi connectivity index (χ3v) is 6.77. The predicted molar refractivity (Wildman–Crippen MR) is 95.6 cm³/mol. The van der Waals surface area contributed by atoms with Gasteiger partial charge < -0.3 is 5.32 Å². The first-order valence-corrected chi connectivity index (χ1v) is 9.45. The molecule has 0 spiro atoms. The lowest BCUT2D eigenvalue weighted by molar-refractivity contribution is 0.413. The molecule has 1 nitrogen and oxygen atoms in total. The highest BCUT2D eigenvalue weighted by atomic mass is 79.9. The summed E-state index contributed by atoms with van der Waals surface area (Å²) in [6.45, 7) is 3.14. The monoisotopic (exact) mass is 383 g/mol. The number of hydrogen-bond donors (Lipinski definition) is 1. The summed E-state index contributed by atoms with van der Waals surface area (Å²) in [6.07, 6.45) is 3.71. The molecule has 0 radical (unpaired) electrons. The Morgan fingerprint density at radius 2 is 2.24 bits per heavy atom. The van der Waals surface area contributed by atoms with Crippen LogP contribution in [0.25, 0.3) is 0 Å². The summed E-state index contributed by atoms with van der Waals surface area (Å²) in [5.41, 5.74) is 3.02. The molecule has 0 bridgehead atoms. The summed E-state index contributed by atoms with van der Waals surface area (Å²) >= 11 is 11.6. The average Bonchev–Trinajstić information content (AvgIpc) is 2.84. The van der Waals surface area contributed by atoms with E-state index < -0.39 is 0 Å². The Morgan fingerprint density at radius 3 is 2.95 bits per heavy atom. The molecular formula is C17H19BrClNS. The molecule has 0 saturated heterocycles. The van der Waals surface area contributed by atoms with E-state index in [2.05, 4.69) is 58.5 Å². The van der Waals surface area contributed by atoms with Gasteiger partial charge in [0.25, 0.3) is 0 Å². The summed E-state index contributed by atoms with van der Waals surface area (Å²) in [6, 6.07) is 11.4. The van der Waals surface area contributed by atoms with E-state index in [1.807, 2.05) is 0 Å².